The van der Waals surface area contributed by atoms with Crippen LogP contribution < -0.4 is 0 Å². The zero-order valence-electron chi connectivity index (χ0n) is 31.5. The van der Waals surface area contributed by atoms with Gasteiger partial charge < -0.3 is 14.2 Å². The molecule has 1 atom stereocenters. The first-order valence-corrected chi connectivity index (χ1v) is 20.0. The van der Waals surface area contributed by atoms with Crippen molar-refractivity contribution in [1.82, 2.24) is 0 Å². The Kier molecular flexibility index (Phi) is 35.6. The second-order valence-electron chi connectivity index (χ2n) is 13.2. The van der Waals surface area contributed by atoms with Crippen LogP contribution in [0.25, 0.3) is 0 Å². The molecule has 0 heterocycles. The van der Waals surface area contributed by atoms with Crippen molar-refractivity contribution in [3.8, 4) is 0 Å². The fourth-order valence-electron chi connectivity index (χ4n) is 5.40. The number of unbranched alkanes of at least 4 members (excludes halogenated alkanes) is 18. The molecule has 0 fully saturated rings. The molecule has 0 aromatic carbocycles. The smallest absolute Gasteiger partial charge is 0.306 e. The summed E-state index contributed by atoms with van der Waals surface area (Å²) in [5.74, 6) is -0.909. The van der Waals surface area contributed by atoms with Crippen molar-refractivity contribution in [3.05, 3.63) is 36.5 Å². The first kappa shape index (κ1) is 45.6. The van der Waals surface area contributed by atoms with Crippen LogP contribution in [-0.4, -0.2) is 37.2 Å². The predicted octanol–water partition coefficient (Wildman–Crippen LogP) is 12.2. The molecule has 6 heteroatoms. The maximum absolute atomic E-state index is 12.6. The van der Waals surface area contributed by atoms with Crippen molar-refractivity contribution in [2.45, 2.75) is 200 Å². The summed E-state index contributed by atoms with van der Waals surface area (Å²) in [6, 6.07) is 0. The molecular weight excluding hydrogens is 600 g/mol. The van der Waals surface area contributed by atoms with Crippen molar-refractivity contribution >= 4 is 17.9 Å². The molecule has 0 spiro atoms. The molecule has 6 nitrogen and oxygen atoms in total. The van der Waals surface area contributed by atoms with Crippen molar-refractivity contribution in [1.29, 1.82) is 0 Å². The fourth-order valence-corrected chi connectivity index (χ4v) is 5.40. The summed E-state index contributed by atoms with van der Waals surface area (Å²) in [6.45, 7) is 6.41. The van der Waals surface area contributed by atoms with E-state index < -0.39 is 6.10 Å². The van der Waals surface area contributed by atoms with Gasteiger partial charge in [-0.1, -0.05) is 160 Å². The molecule has 0 aliphatic rings. The van der Waals surface area contributed by atoms with Gasteiger partial charge in [0.15, 0.2) is 6.10 Å². The molecule has 0 aliphatic carbocycles. The van der Waals surface area contributed by atoms with Crippen molar-refractivity contribution in [3.63, 3.8) is 0 Å². The first-order chi connectivity index (χ1) is 23.5. The third-order valence-corrected chi connectivity index (χ3v) is 8.41. The van der Waals surface area contributed by atoms with Gasteiger partial charge in [-0.2, -0.15) is 0 Å². The lowest BCUT2D eigenvalue weighted by Gasteiger charge is -2.18. The normalized spacial score (nSPS) is 12.3. The zero-order valence-corrected chi connectivity index (χ0v) is 31.5. The first-order valence-electron chi connectivity index (χ1n) is 20.0. The van der Waals surface area contributed by atoms with Gasteiger partial charge in [0.05, 0.1) is 0 Å². The van der Waals surface area contributed by atoms with E-state index in [1.165, 1.54) is 57.8 Å². The topological polar surface area (TPSA) is 78.9 Å². The molecule has 0 N–H and O–H groups in total. The van der Waals surface area contributed by atoms with Crippen molar-refractivity contribution in [2.24, 2.45) is 0 Å². The number of allylic oxidation sites excluding steroid dienone is 6. The molecule has 278 valence electrons. The zero-order chi connectivity index (χ0) is 35.2. The second-order valence-corrected chi connectivity index (χ2v) is 13.2. The van der Waals surface area contributed by atoms with Crippen LogP contribution >= 0.6 is 0 Å². The quantitative estimate of drug-likeness (QED) is 0.0288. The molecule has 0 bridgehead atoms. The molecule has 0 aromatic heterocycles. The molecule has 0 aromatic rings. The highest BCUT2D eigenvalue weighted by atomic mass is 16.6. The summed E-state index contributed by atoms with van der Waals surface area (Å²) in [6.07, 6.45) is 40.0. The Bertz CT molecular complexity index is 830. The van der Waals surface area contributed by atoms with Crippen LogP contribution in [-0.2, 0) is 28.6 Å². The van der Waals surface area contributed by atoms with E-state index in [-0.39, 0.29) is 31.1 Å². The minimum absolute atomic E-state index is 0.0766. The molecule has 0 radical (unpaired) electrons. The van der Waals surface area contributed by atoms with Gasteiger partial charge in [0.25, 0.3) is 0 Å². The highest BCUT2D eigenvalue weighted by Crippen LogP contribution is 2.13. The summed E-state index contributed by atoms with van der Waals surface area (Å²) < 4.78 is 16.5. The van der Waals surface area contributed by atoms with Gasteiger partial charge in [-0.3, -0.25) is 14.4 Å². The second kappa shape index (κ2) is 37.4. The summed E-state index contributed by atoms with van der Waals surface area (Å²) in [5.41, 5.74) is 0. The van der Waals surface area contributed by atoms with Crippen LogP contribution in [0.4, 0.5) is 0 Å². The highest BCUT2D eigenvalue weighted by molar-refractivity contribution is 5.71. The number of esters is 3. The van der Waals surface area contributed by atoms with E-state index in [1.54, 1.807) is 0 Å². The number of hydrogen-bond acceptors (Lipinski definition) is 6. The van der Waals surface area contributed by atoms with Crippen LogP contribution in [0.3, 0.4) is 0 Å². The van der Waals surface area contributed by atoms with Crippen molar-refractivity contribution in [2.75, 3.05) is 13.2 Å². The van der Waals surface area contributed by atoms with E-state index in [9.17, 15) is 14.4 Å². The number of hydrogen-bond donors (Lipinski definition) is 0. The van der Waals surface area contributed by atoms with Crippen molar-refractivity contribution < 1.29 is 28.6 Å². The van der Waals surface area contributed by atoms with E-state index in [0.717, 1.165) is 96.3 Å². The summed E-state index contributed by atoms with van der Waals surface area (Å²) in [4.78, 5) is 37.3. The third-order valence-electron chi connectivity index (χ3n) is 8.41. The van der Waals surface area contributed by atoms with Gasteiger partial charge >= 0.3 is 17.9 Å². The predicted molar refractivity (Wildman–Crippen MR) is 201 cm³/mol. The van der Waals surface area contributed by atoms with Gasteiger partial charge in [0, 0.05) is 19.3 Å². The lowest BCUT2D eigenvalue weighted by molar-refractivity contribution is -0.167. The molecule has 0 saturated heterocycles. The maximum Gasteiger partial charge on any atom is 0.306 e. The minimum atomic E-state index is -0.769. The lowest BCUT2D eigenvalue weighted by Crippen LogP contribution is -2.30. The Morgan fingerprint density at radius 2 is 0.812 bits per heavy atom. The molecular formula is C42H74O6. The number of rotatable bonds is 35. The molecule has 0 saturated carbocycles. The number of ether oxygens (including phenoxy) is 3. The largest absolute Gasteiger partial charge is 0.462 e. The van der Waals surface area contributed by atoms with Gasteiger partial charge in [0.2, 0.25) is 0 Å². The number of carbonyl (C=O) groups is 3. The number of carbonyl (C=O) groups excluding carboxylic acids is 3. The van der Waals surface area contributed by atoms with Crippen LogP contribution in [0.5, 0.6) is 0 Å². The Hall–Kier alpha value is -2.37. The standard InChI is InChI=1S/C42H74O6/c1-4-7-10-13-16-18-19-20-21-22-23-24-27-29-32-35-41(44)47-38-39(37-46-40(43)34-31-28-25-15-12-9-6-3)48-42(45)36-33-30-26-17-14-11-8-5-2/h7,10,16,18,20-21,39H,4-6,8-9,11-15,17,19,22-38H2,1-3H3/b10-7-,18-16-,21-20-. The summed E-state index contributed by atoms with van der Waals surface area (Å²) >= 11 is 0. The molecule has 48 heavy (non-hydrogen) atoms. The molecule has 0 rings (SSSR count). The van der Waals surface area contributed by atoms with Crippen LogP contribution in [0, 0.1) is 0 Å². The van der Waals surface area contributed by atoms with E-state index in [1.807, 2.05) is 0 Å². The van der Waals surface area contributed by atoms with Crippen LogP contribution in [0.1, 0.15) is 194 Å². The molecule has 1 unspecified atom stereocenters. The average molecular weight is 675 g/mol. The van der Waals surface area contributed by atoms with Gasteiger partial charge in [-0.15, -0.1) is 0 Å². The highest BCUT2D eigenvalue weighted by Gasteiger charge is 2.19. The molecule has 0 aliphatic heterocycles. The summed E-state index contributed by atoms with van der Waals surface area (Å²) in [5, 5.41) is 0. The molecule has 0 amide bonds. The van der Waals surface area contributed by atoms with Gasteiger partial charge in [-0.25, -0.2) is 0 Å². The van der Waals surface area contributed by atoms with E-state index >= 15 is 0 Å². The lowest BCUT2D eigenvalue weighted by atomic mass is 10.1. The average Bonchev–Trinajstić information content (AvgIpc) is 3.08. The van der Waals surface area contributed by atoms with E-state index in [2.05, 4.69) is 57.2 Å². The SMILES string of the molecule is CC/C=C\C/C=C\C/C=C\CCCCCCCC(=O)OCC(COC(=O)CCCCCCCCC)OC(=O)CCCCCCCCCC. The van der Waals surface area contributed by atoms with Gasteiger partial charge in [-0.05, 0) is 51.4 Å². The van der Waals surface area contributed by atoms with Crippen LogP contribution in [0.15, 0.2) is 36.5 Å². The Balaban J connectivity index is 4.31. The van der Waals surface area contributed by atoms with E-state index in [0.29, 0.717) is 19.3 Å². The Morgan fingerprint density at radius 3 is 1.27 bits per heavy atom. The third kappa shape index (κ3) is 35.0. The monoisotopic (exact) mass is 675 g/mol. The Morgan fingerprint density at radius 1 is 0.438 bits per heavy atom. The van der Waals surface area contributed by atoms with E-state index in [4.69, 9.17) is 14.2 Å². The Labute approximate surface area is 295 Å². The minimum Gasteiger partial charge on any atom is -0.462 e. The van der Waals surface area contributed by atoms with Gasteiger partial charge in [0.1, 0.15) is 13.2 Å². The fraction of sp³-hybridized carbons (Fsp3) is 0.786. The summed E-state index contributed by atoms with van der Waals surface area (Å²) in [7, 11) is 0. The van der Waals surface area contributed by atoms with Crippen LogP contribution in [0.2, 0.25) is 0 Å². The maximum atomic E-state index is 12.6.